The van der Waals surface area contributed by atoms with E-state index in [0.29, 0.717) is 6.42 Å². The molecule has 0 aliphatic rings. The first kappa shape index (κ1) is 9.90. The number of benzene rings is 1. The zero-order valence-corrected chi connectivity index (χ0v) is 8.86. The molecule has 0 aliphatic heterocycles. The van der Waals surface area contributed by atoms with Crippen molar-refractivity contribution in [2.24, 2.45) is 0 Å². The van der Waals surface area contributed by atoms with Crippen LogP contribution in [0, 0.1) is 0 Å². The lowest BCUT2D eigenvalue weighted by Crippen LogP contribution is -1.86. The summed E-state index contributed by atoms with van der Waals surface area (Å²) in [5.74, 6) is 1.03. The standard InChI is InChI=1S/C12H13NO2/c1-8(2)12-13-10-7-9(5-6-14)3-4-11(10)15-12/h3-4,6-8H,5H2,1-2H3. The molecule has 3 nitrogen and oxygen atoms in total. The van der Waals surface area contributed by atoms with Crippen LogP contribution in [0.1, 0.15) is 31.2 Å². The number of fused-ring (bicyclic) bond motifs is 1. The maximum Gasteiger partial charge on any atom is 0.198 e. The first-order valence-electron chi connectivity index (χ1n) is 5.03. The lowest BCUT2D eigenvalue weighted by molar-refractivity contribution is -0.107. The van der Waals surface area contributed by atoms with Gasteiger partial charge in [-0.15, -0.1) is 0 Å². The Bertz CT molecular complexity index is 485. The van der Waals surface area contributed by atoms with Gasteiger partial charge in [0.1, 0.15) is 11.8 Å². The van der Waals surface area contributed by atoms with E-state index in [1.165, 1.54) is 0 Å². The van der Waals surface area contributed by atoms with Crippen molar-refractivity contribution in [3.05, 3.63) is 29.7 Å². The second kappa shape index (κ2) is 3.85. The molecule has 0 N–H and O–H groups in total. The molecule has 0 bridgehead atoms. The predicted molar refractivity (Wildman–Crippen MR) is 57.9 cm³/mol. The van der Waals surface area contributed by atoms with Gasteiger partial charge in [0.05, 0.1) is 0 Å². The van der Waals surface area contributed by atoms with E-state index in [2.05, 4.69) is 4.98 Å². The number of hydrogen-bond acceptors (Lipinski definition) is 3. The van der Waals surface area contributed by atoms with E-state index >= 15 is 0 Å². The molecule has 0 saturated carbocycles. The third kappa shape index (κ3) is 1.91. The molecule has 2 rings (SSSR count). The molecule has 0 spiro atoms. The van der Waals surface area contributed by atoms with Crippen LogP contribution in [0.2, 0.25) is 0 Å². The van der Waals surface area contributed by atoms with Gasteiger partial charge in [-0.2, -0.15) is 0 Å². The minimum atomic E-state index is 0.284. The molecule has 2 aromatic rings. The van der Waals surface area contributed by atoms with Gasteiger partial charge >= 0.3 is 0 Å². The fourth-order valence-electron chi connectivity index (χ4n) is 1.46. The average Bonchev–Trinajstić information content (AvgIpc) is 2.61. The van der Waals surface area contributed by atoms with E-state index < -0.39 is 0 Å². The minimum absolute atomic E-state index is 0.284. The van der Waals surface area contributed by atoms with E-state index in [9.17, 15) is 4.79 Å². The van der Waals surface area contributed by atoms with Gasteiger partial charge in [-0.3, -0.25) is 0 Å². The fourth-order valence-corrected chi connectivity index (χ4v) is 1.46. The molecule has 3 heteroatoms. The number of carbonyl (C=O) groups is 1. The molecule has 0 atom stereocenters. The number of oxazole rings is 1. The van der Waals surface area contributed by atoms with Gasteiger partial charge in [-0.05, 0) is 17.7 Å². The van der Waals surface area contributed by atoms with Crippen molar-refractivity contribution in [3.8, 4) is 0 Å². The predicted octanol–water partition coefficient (Wildman–Crippen LogP) is 2.69. The third-order valence-electron chi connectivity index (χ3n) is 2.28. The summed E-state index contributed by atoms with van der Waals surface area (Å²) in [4.78, 5) is 14.8. The lowest BCUT2D eigenvalue weighted by atomic mass is 10.1. The summed E-state index contributed by atoms with van der Waals surface area (Å²) < 4.78 is 5.56. The largest absolute Gasteiger partial charge is 0.440 e. The average molecular weight is 203 g/mol. The van der Waals surface area contributed by atoms with Gasteiger partial charge in [-0.25, -0.2) is 4.98 Å². The normalized spacial score (nSPS) is 11.1. The van der Waals surface area contributed by atoms with Gasteiger partial charge in [0.15, 0.2) is 11.5 Å². The summed E-state index contributed by atoms with van der Waals surface area (Å²) in [7, 11) is 0. The van der Waals surface area contributed by atoms with E-state index in [1.54, 1.807) is 0 Å². The van der Waals surface area contributed by atoms with E-state index in [0.717, 1.165) is 28.8 Å². The SMILES string of the molecule is CC(C)c1nc2cc(CC=O)ccc2o1. The Morgan fingerprint density at radius 3 is 2.93 bits per heavy atom. The molecule has 1 aromatic carbocycles. The molecule has 78 valence electrons. The Morgan fingerprint density at radius 2 is 2.27 bits per heavy atom. The highest BCUT2D eigenvalue weighted by Gasteiger charge is 2.09. The first-order valence-corrected chi connectivity index (χ1v) is 5.03. The van der Waals surface area contributed by atoms with Crippen LogP contribution in [0.25, 0.3) is 11.1 Å². The Balaban J connectivity index is 2.47. The highest BCUT2D eigenvalue weighted by Crippen LogP contribution is 2.21. The third-order valence-corrected chi connectivity index (χ3v) is 2.28. The molecular weight excluding hydrogens is 190 g/mol. The summed E-state index contributed by atoms with van der Waals surface area (Å²) >= 11 is 0. The van der Waals surface area contributed by atoms with Gasteiger partial charge in [0, 0.05) is 12.3 Å². The molecule has 0 saturated heterocycles. The van der Waals surface area contributed by atoms with Gasteiger partial charge in [-0.1, -0.05) is 19.9 Å². The quantitative estimate of drug-likeness (QED) is 0.720. The summed E-state index contributed by atoms with van der Waals surface area (Å²) in [5.41, 5.74) is 2.59. The fraction of sp³-hybridized carbons (Fsp3) is 0.333. The first-order chi connectivity index (χ1) is 7.20. The van der Waals surface area contributed by atoms with Crippen molar-refractivity contribution >= 4 is 17.4 Å². The summed E-state index contributed by atoms with van der Waals surface area (Å²) in [6.07, 6.45) is 1.32. The van der Waals surface area contributed by atoms with Crippen LogP contribution in [0.15, 0.2) is 22.6 Å². The number of nitrogens with zero attached hydrogens (tertiary/aromatic N) is 1. The van der Waals surface area contributed by atoms with Gasteiger partial charge in [0.2, 0.25) is 0 Å². The van der Waals surface area contributed by atoms with Crippen molar-refractivity contribution in [3.63, 3.8) is 0 Å². The van der Waals surface area contributed by atoms with Crippen LogP contribution in [0.5, 0.6) is 0 Å². The number of rotatable bonds is 3. The molecule has 0 fully saturated rings. The Morgan fingerprint density at radius 1 is 1.47 bits per heavy atom. The zero-order chi connectivity index (χ0) is 10.8. The molecule has 0 aliphatic carbocycles. The molecule has 0 unspecified atom stereocenters. The van der Waals surface area contributed by atoms with Crippen molar-refractivity contribution in [1.82, 2.24) is 4.98 Å². The molecule has 1 aromatic heterocycles. The molecule has 0 amide bonds. The zero-order valence-electron chi connectivity index (χ0n) is 8.86. The highest BCUT2D eigenvalue weighted by atomic mass is 16.3. The van der Waals surface area contributed by atoms with Crippen molar-refractivity contribution in [1.29, 1.82) is 0 Å². The van der Waals surface area contributed by atoms with Crippen molar-refractivity contribution in [2.75, 3.05) is 0 Å². The van der Waals surface area contributed by atoms with E-state index in [4.69, 9.17) is 4.42 Å². The van der Waals surface area contributed by atoms with Gasteiger partial charge < -0.3 is 9.21 Å². The number of carbonyl (C=O) groups excluding carboxylic acids is 1. The van der Waals surface area contributed by atoms with E-state index in [-0.39, 0.29) is 5.92 Å². The van der Waals surface area contributed by atoms with Crippen LogP contribution >= 0.6 is 0 Å². The number of aldehydes is 1. The summed E-state index contributed by atoms with van der Waals surface area (Å²) in [5, 5.41) is 0. The molecule has 1 heterocycles. The van der Waals surface area contributed by atoms with Crippen LogP contribution in [0.3, 0.4) is 0 Å². The maximum absolute atomic E-state index is 10.4. The van der Waals surface area contributed by atoms with Crippen LogP contribution in [0.4, 0.5) is 0 Å². The van der Waals surface area contributed by atoms with E-state index in [1.807, 2.05) is 32.0 Å². The van der Waals surface area contributed by atoms with Crippen molar-refractivity contribution < 1.29 is 9.21 Å². The number of aromatic nitrogens is 1. The highest BCUT2D eigenvalue weighted by molar-refractivity contribution is 5.74. The van der Waals surface area contributed by atoms with Crippen LogP contribution in [-0.2, 0) is 11.2 Å². The lowest BCUT2D eigenvalue weighted by Gasteiger charge is -1.93. The summed E-state index contributed by atoms with van der Waals surface area (Å²) in [6, 6.07) is 5.66. The topological polar surface area (TPSA) is 43.1 Å². The van der Waals surface area contributed by atoms with Gasteiger partial charge in [0.25, 0.3) is 0 Å². The van der Waals surface area contributed by atoms with Crippen LogP contribution < -0.4 is 0 Å². The van der Waals surface area contributed by atoms with Crippen LogP contribution in [-0.4, -0.2) is 11.3 Å². The second-order valence-electron chi connectivity index (χ2n) is 3.88. The van der Waals surface area contributed by atoms with Crippen molar-refractivity contribution in [2.45, 2.75) is 26.2 Å². The Hall–Kier alpha value is -1.64. The molecular formula is C12H13NO2. The Kier molecular flexibility index (Phi) is 2.54. The minimum Gasteiger partial charge on any atom is -0.440 e. The molecule has 0 radical (unpaired) electrons. The second-order valence-corrected chi connectivity index (χ2v) is 3.88. The molecule has 15 heavy (non-hydrogen) atoms. The Labute approximate surface area is 88.1 Å². The summed E-state index contributed by atoms with van der Waals surface area (Å²) in [6.45, 7) is 4.08. The number of hydrogen-bond donors (Lipinski definition) is 0. The smallest absolute Gasteiger partial charge is 0.198 e. The monoisotopic (exact) mass is 203 g/mol. The maximum atomic E-state index is 10.4.